The lowest BCUT2D eigenvalue weighted by Gasteiger charge is -2.50. The summed E-state index contributed by atoms with van der Waals surface area (Å²) in [5.74, 6) is 1.44. The van der Waals surface area contributed by atoms with Crippen molar-refractivity contribution in [2.24, 2.45) is 5.92 Å². The molecule has 31 heavy (non-hydrogen) atoms. The average Bonchev–Trinajstić information content (AvgIpc) is 2.81. The van der Waals surface area contributed by atoms with Gasteiger partial charge in [-0.15, -0.1) is 0 Å². The number of hydrogen-bond acceptors (Lipinski definition) is 5. The minimum absolute atomic E-state index is 0.0509. The second-order valence-corrected chi connectivity index (χ2v) is 8.80. The Hall–Kier alpha value is -3.28. The van der Waals surface area contributed by atoms with E-state index in [1.165, 1.54) is 6.42 Å². The Morgan fingerprint density at radius 3 is 2.65 bits per heavy atom. The zero-order valence-corrected chi connectivity index (χ0v) is 18.0. The first-order chi connectivity index (χ1) is 15.1. The van der Waals surface area contributed by atoms with Crippen LogP contribution >= 0.6 is 0 Å². The first-order valence-corrected chi connectivity index (χ1v) is 11.0. The number of anilines is 1. The van der Waals surface area contributed by atoms with Crippen LogP contribution in [0.15, 0.2) is 55.0 Å². The molecule has 1 saturated carbocycles. The van der Waals surface area contributed by atoms with Crippen LogP contribution in [0.1, 0.15) is 40.7 Å². The summed E-state index contributed by atoms with van der Waals surface area (Å²) in [5.41, 5.74) is 4.14. The largest absolute Gasteiger partial charge is 0.365 e. The molecular formula is C25H27N5O. The molecule has 6 rings (SSSR count). The monoisotopic (exact) mass is 413 g/mol. The van der Waals surface area contributed by atoms with Gasteiger partial charge in [0.05, 0.1) is 17.3 Å². The van der Waals surface area contributed by atoms with Crippen LogP contribution in [0.25, 0.3) is 11.4 Å². The third kappa shape index (κ3) is 3.90. The number of carbonyl (C=O) groups is 1. The topological polar surface area (TPSA) is 71.0 Å². The highest BCUT2D eigenvalue weighted by molar-refractivity contribution is 6.00. The normalized spacial score (nSPS) is 22.4. The van der Waals surface area contributed by atoms with Gasteiger partial charge in [-0.1, -0.05) is 12.1 Å². The van der Waals surface area contributed by atoms with E-state index in [9.17, 15) is 4.79 Å². The van der Waals surface area contributed by atoms with Crippen molar-refractivity contribution < 1.29 is 4.79 Å². The van der Waals surface area contributed by atoms with Crippen LogP contribution in [0, 0.1) is 19.8 Å². The number of aryl methyl sites for hydroxylation is 2. The molecule has 3 aromatic heterocycles. The molecule has 1 amide bonds. The van der Waals surface area contributed by atoms with Crippen molar-refractivity contribution in [3.63, 3.8) is 0 Å². The van der Waals surface area contributed by atoms with Gasteiger partial charge in [-0.25, -0.2) is 4.98 Å². The predicted octanol–water partition coefficient (Wildman–Crippen LogP) is 4.26. The van der Waals surface area contributed by atoms with E-state index in [2.05, 4.69) is 31.2 Å². The van der Waals surface area contributed by atoms with Crippen LogP contribution in [0.3, 0.4) is 0 Å². The Kier molecular flexibility index (Phi) is 5.14. The molecule has 2 bridgehead atoms. The molecule has 3 aliphatic rings. The summed E-state index contributed by atoms with van der Waals surface area (Å²) >= 11 is 0. The quantitative estimate of drug-likeness (QED) is 0.692. The number of carbonyl (C=O) groups excluding carboxylic acids is 1. The maximum absolute atomic E-state index is 13.8. The minimum Gasteiger partial charge on any atom is -0.365 e. The van der Waals surface area contributed by atoms with Gasteiger partial charge in [0.25, 0.3) is 5.91 Å². The van der Waals surface area contributed by atoms with Gasteiger partial charge in [-0.2, -0.15) is 0 Å². The van der Waals surface area contributed by atoms with Crippen LogP contribution in [-0.4, -0.2) is 44.4 Å². The van der Waals surface area contributed by atoms with E-state index in [4.69, 9.17) is 0 Å². The highest BCUT2D eigenvalue weighted by atomic mass is 16.2. The van der Waals surface area contributed by atoms with Crippen molar-refractivity contribution in [1.29, 1.82) is 0 Å². The second kappa shape index (κ2) is 8.10. The van der Waals surface area contributed by atoms with Gasteiger partial charge in [0.15, 0.2) is 0 Å². The molecule has 2 aliphatic heterocycles. The van der Waals surface area contributed by atoms with Crippen LogP contribution < -0.4 is 5.32 Å². The number of nitrogens with zero attached hydrogens (tertiary/aromatic N) is 4. The summed E-state index contributed by atoms with van der Waals surface area (Å²) in [4.78, 5) is 29.4. The van der Waals surface area contributed by atoms with Crippen LogP contribution in [-0.2, 0) is 0 Å². The van der Waals surface area contributed by atoms with E-state index in [1.54, 1.807) is 12.4 Å². The number of rotatable bonds is 4. The Bertz CT molecular complexity index is 1080. The molecule has 0 aromatic carbocycles. The molecule has 6 nitrogen and oxygen atoms in total. The maximum atomic E-state index is 13.8. The number of amides is 1. The number of aromatic nitrogens is 3. The van der Waals surface area contributed by atoms with Gasteiger partial charge < -0.3 is 10.2 Å². The summed E-state index contributed by atoms with van der Waals surface area (Å²) in [6.45, 7) is 4.81. The van der Waals surface area contributed by atoms with Gasteiger partial charge in [0, 0.05) is 31.2 Å². The molecule has 3 unspecified atom stereocenters. The van der Waals surface area contributed by atoms with E-state index in [0.717, 1.165) is 42.0 Å². The van der Waals surface area contributed by atoms with E-state index >= 15 is 0 Å². The SMILES string of the molecule is Cc1ccc(NC2CC3CCC2N(C(=O)c2cc(C)cnc2-c2ccccn2)C3)nc1. The summed E-state index contributed by atoms with van der Waals surface area (Å²) < 4.78 is 0. The van der Waals surface area contributed by atoms with Crippen molar-refractivity contribution in [3.8, 4) is 11.4 Å². The minimum atomic E-state index is 0.0509. The van der Waals surface area contributed by atoms with Crippen LogP contribution in [0.5, 0.6) is 0 Å². The highest BCUT2D eigenvalue weighted by Crippen LogP contribution is 2.38. The predicted molar refractivity (Wildman–Crippen MR) is 121 cm³/mol. The molecule has 3 aromatic rings. The van der Waals surface area contributed by atoms with E-state index in [1.807, 2.05) is 50.4 Å². The molecule has 1 aliphatic carbocycles. The first-order valence-electron chi connectivity index (χ1n) is 11.0. The number of nitrogens with one attached hydrogen (secondary N) is 1. The third-order valence-electron chi connectivity index (χ3n) is 6.45. The Morgan fingerprint density at radius 2 is 1.90 bits per heavy atom. The fourth-order valence-electron chi connectivity index (χ4n) is 4.92. The molecule has 1 N–H and O–H groups in total. The Labute approximate surface area is 182 Å². The van der Waals surface area contributed by atoms with Crippen LogP contribution in [0.2, 0.25) is 0 Å². The molecule has 5 heterocycles. The van der Waals surface area contributed by atoms with E-state index < -0.39 is 0 Å². The lowest BCUT2D eigenvalue weighted by molar-refractivity contribution is 0.0282. The molecule has 0 spiro atoms. The summed E-state index contributed by atoms with van der Waals surface area (Å²) in [7, 11) is 0. The first kappa shape index (κ1) is 19.7. The number of pyridine rings is 3. The van der Waals surface area contributed by atoms with Crippen molar-refractivity contribution in [2.45, 2.75) is 45.2 Å². The molecule has 3 fully saturated rings. The lowest BCUT2D eigenvalue weighted by atomic mass is 9.76. The number of piperidine rings is 2. The molecule has 0 radical (unpaired) electrons. The second-order valence-electron chi connectivity index (χ2n) is 8.80. The highest BCUT2D eigenvalue weighted by Gasteiger charge is 2.43. The fraction of sp³-hybridized carbons (Fsp3) is 0.360. The van der Waals surface area contributed by atoms with Crippen molar-refractivity contribution in [3.05, 3.63) is 71.7 Å². The van der Waals surface area contributed by atoms with Crippen LogP contribution in [0.4, 0.5) is 5.82 Å². The summed E-state index contributed by atoms with van der Waals surface area (Å²) in [6.07, 6.45) is 8.68. The van der Waals surface area contributed by atoms with Gasteiger partial charge in [-0.05, 0) is 74.4 Å². The number of hydrogen-bond donors (Lipinski definition) is 1. The zero-order valence-electron chi connectivity index (χ0n) is 18.0. The standard InChI is InChI=1S/C25H27N5O/c1-16-6-9-23(27-13-16)29-21-12-18-7-8-22(21)30(15-18)25(31)19-11-17(2)14-28-24(19)20-5-3-4-10-26-20/h3-6,9-11,13-14,18,21-22H,7-8,12,15H2,1-2H3,(H,27,29). The van der Waals surface area contributed by atoms with Crippen molar-refractivity contribution in [1.82, 2.24) is 19.9 Å². The van der Waals surface area contributed by atoms with Gasteiger partial charge in [-0.3, -0.25) is 14.8 Å². The molecule has 2 saturated heterocycles. The fourth-order valence-corrected chi connectivity index (χ4v) is 4.92. The molecule has 158 valence electrons. The smallest absolute Gasteiger partial charge is 0.256 e. The summed E-state index contributed by atoms with van der Waals surface area (Å²) in [5, 5.41) is 3.60. The Balaban J connectivity index is 1.44. The Morgan fingerprint density at radius 1 is 1.03 bits per heavy atom. The molecule has 6 heteroatoms. The maximum Gasteiger partial charge on any atom is 0.256 e. The van der Waals surface area contributed by atoms with E-state index in [0.29, 0.717) is 17.2 Å². The molecular weight excluding hydrogens is 386 g/mol. The van der Waals surface area contributed by atoms with E-state index in [-0.39, 0.29) is 18.0 Å². The zero-order chi connectivity index (χ0) is 21.4. The number of fused-ring (bicyclic) bond motifs is 3. The average molecular weight is 414 g/mol. The third-order valence-corrected chi connectivity index (χ3v) is 6.45. The van der Waals surface area contributed by atoms with Gasteiger partial charge in [0.1, 0.15) is 11.5 Å². The van der Waals surface area contributed by atoms with Gasteiger partial charge >= 0.3 is 0 Å². The molecule has 3 atom stereocenters. The van der Waals surface area contributed by atoms with Crippen molar-refractivity contribution >= 4 is 11.7 Å². The lowest BCUT2D eigenvalue weighted by Crippen LogP contribution is -2.59. The van der Waals surface area contributed by atoms with Gasteiger partial charge in [0.2, 0.25) is 0 Å². The van der Waals surface area contributed by atoms with Crippen molar-refractivity contribution in [2.75, 3.05) is 11.9 Å². The summed E-state index contributed by atoms with van der Waals surface area (Å²) in [6, 6.07) is 12.1.